The molecule has 1 rings (SSSR count). The van der Waals surface area contributed by atoms with Crippen molar-refractivity contribution in [2.45, 2.75) is 0 Å². The fourth-order valence-corrected chi connectivity index (χ4v) is 1.23. The zero-order valence-corrected chi connectivity index (χ0v) is 7.73. The highest BCUT2D eigenvalue weighted by Crippen LogP contribution is 2.37. The van der Waals surface area contributed by atoms with Crippen LogP contribution in [0.2, 0.25) is 15.1 Å². The van der Waals surface area contributed by atoms with Crippen LogP contribution >= 0.6 is 34.8 Å². The van der Waals surface area contributed by atoms with Crippen molar-refractivity contribution in [1.29, 1.82) is 0 Å². The molecule has 0 atom stereocenters. The molecule has 1 aromatic carbocycles. The quantitative estimate of drug-likeness (QED) is 0.413. The van der Waals surface area contributed by atoms with E-state index in [0.29, 0.717) is 0 Å². The normalized spacial score (nSPS) is 10.4. The summed E-state index contributed by atoms with van der Waals surface area (Å²) in [6.45, 7) is 0. The zero-order valence-electron chi connectivity index (χ0n) is 5.47. The Morgan fingerprint density at radius 3 is 1.83 bits per heavy atom. The topological polar surface area (TPSA) is 26.0 Å². The Morgan fingerprint density at radius 2 is 1.33 bits per heavy atom. The lowest BCUT2D eigenvalue weighted by atomic mass is 10.3. The van der Waals surface area contributed by atoms with Gasteiger partial charge in [0, 0.05) is 0 Å². The first-order chi connectivity index (χ1) is 5.46. The second-order valence-electron chi connectivity index (χ2n) is 1.98. The molecule has 0 aromatic heterocycles. The molecule has 0 fully saturated rings. The maximum absolute atomic E-state index is 12.8. The lowest BCUT2D eigenvalue weighted by Gasteiger charge is -2.05. The van der Waals surface area contributed by atoms with Crippen molar-refractivity contribution in [3.8, 4) is 0 Å². The maximum Gasteiger partial charge on any atom is 0.169 e. The SMILES string of the molecule is Nc1c(F)c(Cl)c(F)c(Cl)c1Cl. The van der Waals surface area contributed by atoms with E-state index in [4.69, 9.17) is 40.5 Å². The molecule has 0 aliphatic heterocycles. The Kier molecular flexibility index (Phi) is 2.66. The van der Waals surface area contributed by atoms with E-state index in [9.17, 15) is 8.78 Å². The van der Waals surface area contributed by atoms with Gasteiger partial charge in [0.05, 0.1) is 15.7 Å². The van der Waals surface area contributed by atoms with Crippen molar-refractivity contribution in [2.75, 3.05) is 5.73 Å². The predicted octanol–water partition coefficient (Wildman–Crippen LogP) is 3.51. The van der Waals surface area contributed by atoms with Crippen molar-refractivity contribution in [2.24, 2.45) is 0 Å². The molecule has 0 heterocycles. The number of halogens is 5. The van der Waals surface area contributed by atoms with Gasteiger partial charge in [0.2, 0.25) is 0 Å². The standard InChI is InChI=1S/C6H2Cl3F2N/c7-1-2(8)6(12)5(11)3(9)4(1)10/h12H2. The second-order valence-corrected chi connectivity index (χ2v) is 3.12. The van der Waals surface area contributed by atoms with Gasteiger partial charge in [-0.3, -0.25) is 0 Å². The summed E-state index contributed by atoms with van der Waals surface area (Å²) < 4.78 is 25.6. The average molecular weight is 232 g/mol. The van der Waals surface area contributed by atoms with Crippen LogP contribution in [0, 0.1) is 11.6 Å². The fourth-order valence-electron chi connectivity index (χ4n) is 0.622. The highest BCUT2D eigenvalue weighted by molar-refractivity contribution is 6.45. The minimum atomic E-state index is -1.10. The molecule has 1 aromatic rings. The second kappa shape index (κ2) is 3.24. The van der Waals surface area contributed by atoms with Crippen molar-refractivity contribution in [3.63, 3.8) is 0 Å². The van der Waals surface area contributed by atoms with Crippen molar-refractivity contribution >= 4 is 40.5 Å². The summed E-state index contributed by atoms with van der Waals surface area (Å²) in [6, 6.07) is 0. The number of nitrogens with two attached hydrogens (primary N) is 1. The van der Waals surface area contributed by atoms with Gasteiger partial charge < -0.3 is 5.73 Å². The Labute approximate surface area is 82.0 Å². The molecule has 2 N–H and O–H groups in total. The lowest BCUT2D eigenvalue weighted by Crippen LogP contribution is -1.96. The van der Waals surface area contributed by atoms with E-state index in [1.807, 2.05) is 0 Å². The third kappa shape index (κ3) is 1.32. The van der Waals surface area contributed by atoms with Crippen LogP contribution in [-0.2, 0) is 0 Å². The van der Waals surface area contributed by atoms with E-state index in [2.05, 4.69) is 0 Å². The molecule has 12 heavy (non-hydrogen) atoms. The molecular weight excluding hydrogens is 230 g/mol. The van der Waals surface area contributed by atoms with Gasteiger partial charge in [-0.25, -0.2) is 8.78 Å². The summed E-state index contributed by atoms with van der Waals surface area (Å²) >= 11 is 15.9. The molecule has 0 radical (unpaired) electrons. The predicted molar refractivity (Wildman–Crippen MR) is 45.8 cm³/mol. The van der Waals surface area contributed by atoms with Gasteiger partial charge in [0.15, 0.2) is 11.6 Å². The Morgan fingerprint density at radius 1 is 0.833 bits per heavy atom. The number of hydrogen-bond acceptors (Lipinski definition) is 1. The van der Waals surface area contributed by atoms with Gasteiger partial charge in [0.1, 0.15) is 5.02 Å². The van der Waals surface area contributed by atoms with E-state index in [1.165, 1.54) is 0 Å². The van der Waals surface area contributed by atoms with Crippen LogP contribution in [-0.4, -0.2) is 0 Å². The minimum Gasteiger partial charge on any atom is -0.395 e. The third-order valence-electron chi connectivity index (χ3n) is 1.24. The van der Waals surface area contributed by atoms with Gasteiger partial charge in [-0.1, -0.05) is 34.8 Å². The number of anilines is 1. The summed E-state index contributed by atoms with van der Waals surface area (Å²) in [6.07, 6.45) is 0. The van der Waals surface area contributed by atoms with Gasteiger partial charge in [-0.2, -0.15) is 0 Å². The van der Waals surface area contributed by atoms with Gasteiger partial charge >= 0.3 is 0 Å². The van der Waals surface area contributed by atoms with Crippen LogP contribution in [0.4, 0.5) is 14.5 Å². The van der Waals surface area contributed by atoms with E-state index in [1.54, 1.807) is 0 Å². The van der Waals surface area contributed by atoms with E-state index < -0.39 is 27.4 Å². The smallest absolute Gasteiger partial charge is 0.169 e. The number of benzene rings is 1. The molecule has 66 valence electrons. The Bertz CT molecular complexity index is 235. The van der Waals surface area contributed by atoms with Gasteiger partial charge in [-0.15, -0.1) is 0 Å². The molecule has 0 amide bonds. The highest BCUT2D eigenvalue weighted by atomic mass is 35.5. The largest absolute Gasteiger partial charge is 0.395 e. The van der Waals surface area contributed by atoms with Crippen LogP contribution < -0.4 is 5.73 Å². The molecular formula is C6H2Cl3F2N. The molecule has 6 heteroatoms. The van der Waals surface area contributed by atoms with Crippen LogP contribution in [0.25, 0.3) is 0 Å². The molecule has 0 aliphatic carbocycles. The molecule has 0 saturated carbocycles. The Balaban J connectivity index is 3.60. The first-order valence-electron chi connectivity index (χ1n) is 2.73. The Hall–Kier alpha value is -0.250. The third-order valence-corrected chi connectivity index (χ3v) is 2.42. The summed E-state index contributed by atoms with van der Waals surface area (Å²) in [4.78, 5) is 0. The summed E-state index contributed by atoms with van der Waals surface area (Å²) in [5.74, 6) is -2.20. The summed E-state index contributed by atoms with van der Waals surface area (Å²) in [7, 11) is 0. The fraction of sp³-hybridized carbons (Fsp3) is 0. The van der Waals surface area contributed by atoms with Crippen LogP contribution in [0.15, 0.2) is 0 Å². The summed E-state index contributed by atoms with van der Waals surface area (Å²) in [5, 5.41) is -1.58. The maximum atomic E-state index is 12.8. The highest BCUT2D eigenvalue weighted by Gasteiger charge is 2.19. The molecule has 0 bridgehead atoms. The molecule has 1 nitrogen and oxygen atoms in total. The molecule has 0 spiro atoms. The minimum absolute atomic E-state index is 0.365. The van der Waals surface area contributed by atoms with Crippen LogP contribution in [0.3, 0.4) is 0 Å². The monoisotopic (exact) mass is 231 g/mol. The number of hydrogen-bond donors (Lipinski definition) is 1. The number of rotatable bonds is 0. The van der Waals surface area contributed by atoms with E-state index in [-0.39, 0.29) is 5.02 Å². The van der Waals surface area contributed by atoms with Crippen LogP contribution in [0.5, 0.6) is 0 Å². The van der Waals surface area contributed by atoms with E-state index in [0.717, 1.165) is 0 Å². The lowest BCUT2D eigenvalue weighted by molar-refractivity contribution is 0.587. The first-order valence-corrected chi connectivity index (χ1v) is 3.87. The van der Waals surface area contributed by atoms with Crippen molar-refractivity contribution < 1.29 is 8.78 Å². The van der Waals surface area contributed by atoms with Crippen LogP contribution in [0.1, 0.15) is 0 Å². The van der Waals surface area contributed by atoms with Crippen molar-refractivity contribution in [1.82, 2.24) is 0 Å². The molecule has 0 aliphatic rings. The average Bonchev–Trinajstić information content (AvgIpc) is 2.08. The summed E-state index contributed by atoms with van der Waals surface area (Å²) in [5.41, 5.74) is 4.66. The number of nitrogen functional groups attached to an aromatic ring is 1. The first kappa shape index (κ1) is 9.84. The molecule has 0 saturated heterocycles. The van der Waals surface area contributed by atoms with E-state index >= 15 is 0 Å². The zero-order chi connectivity index (χ0) is 9.46. The van der Waals surface area contributed by atoms with Crippen molar-refractivity contribution in [3.05, 3.63) is 26.7 Å². The molecule has 0 unspecified atom stereocenters. The van der Waals surface area contributed by atoms with Gasteiger partial charge in [0.25, 0.3) is 0 Å². The van der Waals surface area contributed by atoms with Gasteiger partial charge in [-0.05, 0) is 0 Å².